The first-order chi connectivity index (χ1) is 16.4. The Balaban J connectivity index is 1.60. The minimum absolute atomic E-state index is 0.111. The van der Waals surface area contributed by atoms with E-state index in [1.54, 1.807) is 7.11 Å². The van der Waals surface area contributed by atoms with E-state index < -0.39 is 11.8 Å². The molecule has 1 atom stereocenters. The molecule has 8 heteroatoms. The molecule has 3 aromatic rings. The van der Waals surface area contributed by atoms with Crippen LogP contribution in [-0.2, 0) is 4.79 Å². The number of nitrogens with one attached hydrogen (secondary N) is 1. The number of hydrogen-bond donors (Lipinski definition) is 2. The summed E-state index contributed by atoms with van der Waals surface area (Å²) in [7, 11) is 1.59. The molecular formula is C26H24FNO5S. The molecule has 6 nitrogen and oxygen atoms in total. The van der Waals surface area contributed by atoms with Gasteiger partial charge in [0.1, 0.15) is 10.7 Å². The van der Waals surface area contributed by atoms with E-state index in [1.165, 1.54) is 24.3 Å². The lowest BCUT2D eigenvalue weighted by atomic mass is 9.88. The summed E-state index contributed by atoms with van der Waals surface area (Å²) < 4.78 is 25.3. The molecule has 2 heterocycles. The van der Waals surface area contributed by atoms with Crippen molar-refractivity contribution >= 4 is 28.9 Å². The maximum Gasteiger partial charge on any atom is 0.346 e. The maximum absolute atomic E-state index is 13.5. The van der Waals surface area contributed by atoms with Crippen molar-refractivity contribution in [2.24, 2.45) is 0 Å². The van der Waals surface area contributed by atoms with E-state index in [9.17, 15) is 19.1 Å². The Hall–Kier alpha value is -3.39. The largest absolute Gasteiger partial charge is 0.493 e. The van der Waals surface area contributed by atoms with Crippen LogP contribution in [0.2, 0.25) is 0 Å². The van der Waals surface area contributed by atoms with E-state index in [1.807, 2.05) is 18.2 Å². The molecule has 2 aliphatic rings. The molecule has 5 rings (SSSR count). The van der Waals surface area contributed by atoms with Crippen molar-refractivity contribution in [1.82, 2.24) is 0 Å². The number of ether oxygens (including phenoxy) is 2. The summed E-state index contributed by atoms with van der Waals surface area (Å²) in [4.78, 5) is 25.7. The molecule has 1 aromatic heterocycles. The lowest BCUT2D eigenvalue weighted by Crippen LogP contribution is -2.22. The monoisotopic (exact) mass is 481 g/mol. The standard InChI is InChI=1S/C26H24FNO5S/c1-32-19-11-8-15(12-20(19)33-17-4-2-3-5-17)18-13-21(29)28-23-22(14-6-9-16(27)10-7-14)25(26(30)31)34-24(18)23/h6-12,17-18H,2-5,13H2,1H3,(H,28,29)(H,30,31). The van der Waals surface area contributed by atoms with Gasteiger partial charge >= 0.3 is 5.97 Å². The SMILES string of the molecule is COc1ccc(C2CC(=O)Nc3c2sc(C(=O)O)c3-c2ccc(F)cc2)cc1OC1CCCC1. The second kappa shape index (κ2) is 9.10. The molecule has 2 N–H and O–H groups in total. The smallest absolute Gasteiger partial charge is 0.346 e. The van der Waals surface area contributed by atoms with Crippen LogP contribution in [0.3, 0.4) is 0 Å². The van der Waals surface area contributed by atoms with Gasteiger partial charge in [-0.1, -0.05) is 18.2 Å². The lowest BCUT2D eigenvalue weighted by Gasteiger charge is -2.25. The highest BCUT2D eigenvalue weighted by molar-refractivity contribution is 7.15. The molecule has 0 bridgehead atoms. The van der Waals surface area contributed by atoms with Crippen LogP contribution in [-0.4, -0.2) is 30.2 Å². The number of thiophene rings is 1. The first-order valence-electron chi connectivity index (χ1n) is 11.2. The molecule has 1 saturated carbocycles. The fraction of sp³-hybridized carbons (Fsp3) is 0.308. The van der Waals surface area contributed by atoms with Gasteiger partial charge in [-0.2, -0.15) is 0 Å². The van der Waals surface area contributed by atoms with Crippen LogP contribution < -0.4 is 14.8 Å². The minimum atomic E-state index is -1.09. The average Bonchev–Trinajstić information content (AvgIpc) is 3.47. The van der Waals surface area contributed by atoms with E-state index >= 15 is 0 Å². The molecule has 2 aromatic carbocycles. The van der Waals surface area contributed by atoms with Crippen LogP contribution in [0.25, 0.3) is 11.1 Å². The van der Waals surface area contributed by atoms with Gasteiger partial charge in [0.15, 0.2) is 11.5 Å². The summed E-state index contributed by atoms with van der Waals surface area (Å²) in [5.41, 5.74) is 2.27. The summed E-state index contributed by atoms with van der Waals surface area (Å²) in [5, 5.41) is 12.8. The first kappa shape index (κ1) is 22.4. The van der Waals surface area contributed by atoms with Crippen molar-refractivity contribution in [3.05, 3.63) is 63.6 Å². The molecule has 0 spiro atoms. The van der Waals surface area contributed by atoms with Crippen LogP contribution in [0.5, 0.6) is 11.5 Å². The van der Waals surface area contributed by atoms with E-state index in [0.29, 0.717) is 28.3 Å². The van der Waals surface area contributed by atoms with Gasteiger partial charge in [-0.3, -0.25) is 4.79 Å². The predicted octanol–water partition coefficient (Wildman–Crippen LogP) is 6.06. The topological polar surface area (TPSA) is 84.9 Å². The Labute approximate surface area is 200 Å². The third-order valence-electron chi connectivity index (χ3n) is 6.42. The Morgan fingerprint density at radius 2 is 1.85 bits per heavy atom. The number of anilines is 1. The van der Waals surface area contributed by atoms with Crippen molar-refractivity contribution in [3.63, 3.8) is 0 Å². The van der Waals surface area contributed by atoms with Crippen LogP contribution >= 0.6 is 11.3 Å². The van der Waals surface area contributed by atoms with Crippen molar-refractivity contribution < 1.29 is 28.6 Å². The average molecular weight is 482 g/mol. The van der Waals surface area contributed by atoms with E-state index in [4.69, 9.17) is 9.47 Å². The number of carboxylic acid groups (broad SMARTS) is 1. The van der Waals surface area contributed by atoms with E-state index in [0.717, 1.165) is 47.5 Å². The van der Waals surface area contributed by atoms with Crippen molar-refractivity contribution in [2.45, 2.75) is 44.1 Å². The van der Waals surface area contributed by atoms with Crippen LogP contribution in [0, 0.1) is 5.82 Å². The Bertz CT molecular complexity index is 1250. The number of hydrogen-bond acceptors (Lipinski definition) is 5. The van der Waals surface area contributed by atoms with Gasteiger partial charge in [-0.15, -0.1) is 11.3 Å². The van der Waals surface area contributed by atoms with Gasteiger partial charge in [0.2, 0.25) is 5.91 Å². The second-order valence-electron chi connectivity index (χ2n) is 8.60. The highest BCUT2D eigenvalue weighted by atomic mass is 32.1. The molecule has 1 unspecified atom stereocenters. The Morgan fingerprint density at radius 3 is 2.53 bits per heavy atom. The Kier molecular flexibility index (Phi) is 6.00. The molecule has 34 heavy (non-hydrogen) atoms. The summed E-state index contributed by atoms with van der Waals surface area (Å²) in [6, 6.07) is 11.2. The molecule has 1 amide bonds. The minimum Gasteiger partial charge on any atom is -0.493 e. The molecule has 0 radical (unpaired) electrons. The highest BCUT2D eigenvalue weighted by Crippen LogP contribution is 2.50. The van der Waals surface area contributed by atoms with Crippen molar-refractivity contribution in [2.75, 3.05) is 12.4 Å². The van der Waals surface area contributed by atoms with Gasteiger partial charge in [0.25, 0.3) is 0 Å². The molecular weight excluding hydrogens is 457 g/mol. The van der Waals surface area contributed by atoms with Gasteiger partial charge in [-0.25, -0.2) is 9.18 Å². The van der Waals surface area contributed by atoms with Crippen LogP contribution in [0.1, 0.15) is 58.1 Å². The number of benzene rings is 2. The fourth-order valence-corrected chi connectivity index (χ4v) is 6.03. The zero-order valence-electron chi connectivity index (χ0n) is 18.6. The number of carbonyl (C=O) groups excluding carboxylic acids is 1. The number of aromatic carboxylic acids is 1. The number of methoxy groups -OCH3 is 1. The maximum atomic E-state index is 13.5. The highest BCUT2D eigenvalue weighted by Gasteiger charge is 2.35. The summed E-state index contributed by atoms with van der Waals surface area (Å²) in [6.07, 6.45) is 4.59. The molecule has 0 saturated heterocycles. The van der Waals surface area contributed by atoms with Crippen molar-refractivity contribution in [3.8, 4) is 22.6 Å². The predicted molar refractivity (Wildman–Crippen MR) is 128 cm³/mol. The quantitative estimate of drug-likeness (QED) is 0.447. The van der Waals surface area contributed by atoms with Gasteiger partial charge < -0.3 is 19.9 Å². The van der Waals surface area contributed by atoms with Crippen LogP contribution in [0.15, 0.2) is 42.5 Å². The normalized spacial score (nSPS) is 17.8. The van der Waals surface area contributed by atoms with Gasteiger partial charge in [-0.05, 0) is 61.1 Å². The number of fused-ring (bicyclic) bond motifs is 1. The summed E-state index contributed by atoms with van der Waals surface area (Å²) in [5.74, 6) is -0.789. The second-order valence-corrected chi connectivity index (χ2v) is 9.65. The molecule has 1 aliphatic heterocycles. The fourth-order valence-electron chi connectivity index (χ4n) is 4.79. The third-order valence-corrected chi connectivity index (χ3v) is 7.71. The number of halogens is 1. The molecule has 176 valence electrons. The first-order valence-corrected chi connectivity index (χ1v) is 12.1. The zero-order chi connectivity index (χ0) is 23.8. The number of carboxylic acids is 1. The summed E-state index contributed by atoms with van der Waals surface area (Å²) >= 11 is 1.14. The Morgan fingerprint density at radius 1 is 1.12 bits per heavy atom. The third kappa shape index (κ3) is 4.14. The van der Waals surface area contributed by atoms with E-state index in [-0.39, 0.29) is 29.2 Å². The van der Waals surface area contributed by atoms with Crippen LogP contribution in [0.4, 0.5) is 10.1 Å². The number of rotatable bonds is 6. The number of amides is 1. The molecule has 1 fully saturated rings. The molecule has 1 aliphatic carbocycles. The van der Waals surface area contributed by atoms with Crippen molar-refractivity contribution in [1.29, 1.82) is 0 Å². The van der Waals surface area contributed by atoms with E-state index in [2.05, 4.69) is 5.32 Å². The van der Waals surface area contributed by atoms with Gasteiger partial charge in [0, 0.05) is 22.8 Å². The lowest BCUT2D eigenvalue weighted by molar-refractivity contribution is -0.116. The number of carbonyl (C=O) groups is 2. The zero-order valence-corrected chi connectivity index (χ0v) is 19.4. The van der Waals surface area contributed by atoms with Gasteiger partial charge in [0.05, 0.1) is 18.9 Å². The summed E-state index contributed by atoms with van der Waals surface area (Å²) in [6.45, 7) is 0.